The van der Waals surface area contributed by atoms with Crippen molar-refractivity contribution in [1.82, 2.24) is 4.90 Å². The number of carbonyl (C=O) groups excluding carboxylic acids is 1. The summed E-state index contributed by atoms with van der Waals surface area (Å²) < 4.78 is 5.36. The van der Waals surface area contributed by atoms with Crippen LogP contribution in [0.2, 0.25) is 0 Å². The van der Waals surface area contributed by atoms with Crippen LogP contribution in [0.4, 0.5) is 4.79 Å². The number of hydrogen-bond donors (Lipinski definition) is 0. The molecule has 1 saturated carbocycles. The maximum absolute atomic E-state index is 11.9. The fourth-order valence-corrected chi connectivity index (χ4v) is 3.93. The van der Waals surface area contributed by atoms with Crippen LogP contribution in [0.5, 0.6) is 0 Å². The normalized spacial score (nSPS) is 28.1. The molecule has 0 radical (unpaired) electrons. The number of hydrogen-bond acceptors (Lipinski definition) is 3. The van der Waals surface area contributed by atoms with Gasteiger partial charge < -0.3 is 9.64 Å². The van der Waals surface area contributed by atoms with Crippen LogP contribution in [-0.2, 0) is 11.3 Å². The van der Waals surface area contributed by atoms with Gasteiger partial charge in [-0.1, -0.05) is 30.3 Å². The molecule has 3 rings (SSSR count). The zero-order valence-corrected chi connectivity index (χ0v) is 11.9. The zero-order valence-electron chi connectivity index (χ0n) is 11.1. The van der Waals surface area contributed by atoms with Gasteiger partial charge in [-0.25, -0.2) is 4.79 Å². The van der Waals surface area contributed by atoms with Crippen molar-refractivity contribution in [2.75, 3.05) is 25.1 Å². The summed E-state index contributed by atoms with van der Waals surface area (Å²) in [6.45, 7) is 2.16. The molecular formula is C15H19NO2S. The van der Waals surface area contributed by atoms with Gasteiger partial charge >= 0.3 is 6.09 Å². The summed E-state index contributed by atoms with van der Waals surface area (Å²) in [7, 11) is 0. The fraction of sp³-hybridized carbons (Fsp3) is 0.533. The molecule has 1 aliphatic carbocycles. The van der Waals surface area contributed by atoms with Crippen molar-refractivity contribution in [2.24, 2.45) is 17.8 Å². The van der Waals surface area contributed by atoms with Gasteiger partial charge in [0.15, 0.2) is 0 Å². The van der Waals surface area contributed by atoms with E-state index in [1.165, 1.54) is 5.75 Å². The highest BCUT2D eigenvalue weighted by Crippen LogP contribution is 2.52. The van der Waals surface area contributed by atoms with Gasteiger partial charge in [0, 0.05) is 13.1 Å². The Morgan fingerprint density at radius 2 is 2.00 bits per heavy atom. The Labute approximate surface area is 118 Å². The smallest absolute Gasteiger partial charge is 0.410 e. The van der Waals surface area contributed by atoms with Gasteiger partial charge in [-0.05, 0) is 35.3 Å². The van der Waals surface area contributed by atoms with Crippen LogP contribution in [0.3, 0.4) is 0 Å². The lowest BCUT2D eigenvalue weighted by atomic mass is 10.2. The molecule has 2 aliphatic rings. The first-order valence-corrected chi connectivity index (χ1v) is 8.13. The molecule has 19 heavy (non-hydrogen) atoms. The van der Waals surface area contributed by atoms with Crippen molar-refractivity contribution < 1.29 is 9.53 Å². The van der Waals surface area contributed by atoms with E-state index in [-0.39, 0.29) is 6.09 Å². The summed E-state index contributed by atoms with van der Waals surface area (Å²) in [5, 5.41) is 0. The van der Waals surface area contributed by atoms with E-state index in [0.29, 0.717) is 6.61 Å². The van der Waals surface area contributed by atoms with Crippen LogP contribution in [0, 0.1) is 17.8 Å². The first kappa shape index (κ1) is 12.9. The maximum Gasteiger partial charge on any atom is 0.410 e. The minimum atomic E-state index is -0.154. The number of piperidine rings is 1. The van der Waals surface area contributed by atoms with Crippen LogP contribution >= 0.6 is 11.8 Å². The van der Waals surface area contributed by atoms with Crippen molar-refractivity contribution in [3.63, 3.8) is 0 Å². The second-order valence-corrected chi connectivity index (χ2v) is 6.30. The molecule has 1 aromatic rings. The molecule has 0 spiro atoms. The number of fused-ring (bicyclic) bond motifs is 1. The van der Waals surface area contributed by atoms with Crippen molar-refractivity contribution in [1.29, 1.82) is 0 Å². The highest BCUT2D eigenvalue weighted by atomic mass is 32.2. The van der Waals surface area contributed by atoms with Gasteiger partial charge in [0.1, 0.15) is 6.61 Å². The SMILES string of the molecule is CSCC1[C@H]2CN(C(=O)OCc3ccccc3)C[C@@H]12. The Balaban J connectivity index is 1.44. The highest BCUT2D eigenvalue weighted by molar-refractivity contribution is 7.98. The van der Waals surface area contributed by atoms with Gasteiger partial charge in [-0.2, -0.15) is 11.8 Å². The molecule has 1 aromatic carbocycles. The third-order valence-corrected chi connectivity index (χ3v) is 4.91. The molecule has 0 bridgehead atoms. The Kier molecular flexibility index (Phi) is 3.69. The Hall–Kier alpha value is -1.16. The first-order chi connectivity index (χ1) is 9.29. The standard InChI is InChI=1S/C15H19NO2S/c1-19-10-14-12-7-16(8-13(12)14)15(17)18-9-11-5-3-2-4-6-11/h2-6,12-14H,7-10H2,1H3/t12-,13+,14?. The van der Waals surface area contributed by atoms with E-state index in [4.69, 9.17) is 4.74 Å². The number of ether oxygens (including phenoxy) is 1. The third kappa shape index (κ3) is 2.73. The van der Waals surface area contributed by atoms with Gasteiger partial charge in [0.05, 0.1) is 0 Å². The molecule has 0 aromatic heterocycles. The lowest BCUT2D eigenvalue weighted by Crippen LogP contribution is -2.32. The summed E-state index contributed by atoms with van der Waals surface area (Å²) in [5.74, 6) is 3.55. The molecule has 2 fully saturated rings. The zero-order chi connectivity index (χ0) is 13.2. The van der Waals surface area contributed by atoms with Crippen molar-refractivity contribution in [3.05, 3.63) is 35.9 Å². The number of likely N-dealkylation sites (tertiary alicyclic amines) is 1. The molecule has 1 aliphatic heterocycles. The predicted octanol–water partition coefficient (Wildman–Crippen LogP) is 2.86. The predicted molar refractivity (Wildman–Crippen MR) is 77.1 cm³/mol. The summed E-state index contributed by atoms with van der Waals surface area (Å²) in [6, 6.07) is 9.83. The fourth-order valence-electron chi connectivity index (χ4n) is 3.05. The molecule has 1 heterocycles. The summed E-state index contributed by atoms with van der Waals surface area (Å²) in [5.41, 5.74) is 1.04. The van der Waals surface area contributed by atoms with E-state index in [0.717, 1.165) is 36.4 Å². The minimum Gasteiger partial charge on any atom is -0.445 e. The quantitative estimate of drug-likeness (QED) is 0.847. The van der Waals surface area contributed by atoms with Gasteiger partial charge in [-0.15, -0.1) is 0 Å². The molecule has 3 nitrogen and oxygen atoms in total. The highest BCUT2D eigenvalue weighted by Gasteiger charge is 2.56. The molecular weight excluding hydrogens is 258 g/mol. The molecule has 0 N–H and O–H groups in total. The second-order valence-electron chi connectivity index (χ2n) is 5.39. The largest absolute Gasteiger partial charge is 0.445 e. The molecule has 1 amide bonds. The Morgan fingerprint density at radius 1 is 1.32 bits per heavy atom. The molecule has 4 heteroatoms. The second kappa shape index (κ2) is 5.45. The van der Waals surface area contributed by atoms with Crippen LogP contribution in [-0.4, -0.2) is 36.1 Å². The summed E-state index contributed by atoms with van der Waals surface area (Å²) in [4.78, 5) is 13.8. The van der Waals surface area contributed by atoms with Gasteiger partial charge in [0.25, 0.3) is 0 Å². The molecule has 3 atom stereocenters. The molecule has 1 unspecified atom stereocenters. The summed E-state index contributed by atoms with van der Waals surface area (Å²) >= 11 is 1.91. The Bertz CT molecular complexity index is 439. The average Bonchev–Trinajstić information content (AvgIpc) is 2.89. The number of amides is 1. The number of benzene rings is 1. The number of nitrogens with zero attached hydrogens (tertiary/aromatic N) is 1. The minimum absolute atomic E-state index is 0.154. The lowest BCUT2D eigenvalue weighted by Gasteiger charge is -2.19. The van der Waals surface area contributed by atoms with E-state index in [2.05, 4.69) is 6.26 Å². The molecule has 1 saturated heterocycles. The summed E-state index contributed by atoms with van der Waals surface area (Å²) in [6.07, 6.45) is 2.00. The topological polar surface area (TPSA) is 29.5 Å². The number of carbonyl (C=O) groups is 1. The van der Waals surface area contributed by atoms with Crippen LogP contribution in [0.1, 0.15) is 5.56 Å². The van der Waals surface area contributed by atoms with Crippen LogP contribution in [0.15, 0.2) is 30.3 Å². The first-order valence-electron chi connectivity index (χ1n) is 6.74. The van der Waals surface area contributed by atoms with E-state index in [1.54, 1.807) is 0 Å². The average molecular weight is 277 g/mol. The van der Waals surface area contributed by atoms with Crippen molar-refractivity contribution >= 4 is 17.9 Å². The van der Waals surface area contributed by atoms with E-state index >= 15 is 0 Å². The number of thioether (sulfide) groups is 1. The van der Waals surface area contributed by atoms with Crippen molar-refractivity contribution in [3.8, 4) is 0 Å². The van der Waals surface area contributed by atoms with E-state index < -0.39 is 0 Å². The third-order valence-electron chi connectivity index (χ3n) is 4.19. The van der Waals surface area contributed by atoms with E-state index in [1.807, 2.05) is 47.0 Å². The molecule has 102 valence electrons. The Morgan fingerprint density at radius 3 is 2.63 bits per heavy atom. The van der Waals surface area contributed by atoms with E-state index in [9.17, 15) is 4.79 Å². The monoisotopic (exact) mass is 277 g/mol. The van der Waals surface area contributed by atoms with Crippen molar-refractivity contribution in [2.45, 2.75) is 6.61 Å². The van der Waals surface area contributed by atoms with Crippen LogP contribution in [0.25, 0.3) is 0 Å². The van der Waals surface area contributed by atoms with Gasteiger partial charge in [0.2, 0.25) is 0 Å². The van der Waals surface area contributed by atoms with Gasteiger partial charge in [-0.3, -0.25) is 0 Å². The maximum atomic E-state index is 11.9. The lowest BCUT2D eigenvalue weighted by molar-refractivity contribution is 0.0991. The number of rotatable bonds is 4. The van der Waals surface area contributed by atoms with Crippen LogP contribution < -0.4 is 0 Å².